The van der Waals surface area contributed by atoms with Gasteiger partial charge in [-0.25, -0.2) is 4.39 Å². The van der Waals surface area contributed by atoms with Crippen LogP contribution in [0.3, 0.4) is 0 Å². The summed E-state index contributed by atoms with van der Waals surface area (Å²) in [5.41, 5.74) is 1.01. The van der Waals surface area contributed by atoms with Crippen LogP contribution in [-0.2, 0) is 6.54 Å². The molecular formula is C11H15BrFN. The average Bonchev–Trinajstić information content (AvgIpc) is 2.01. The quantitative estimate of drug-likeness (QED) is 0.752. The first kappa shape index (κ1) is 11.7. The standard InChI is InChI=1S/C11H15BrFN/c1-9(12)7-14(2)8-10-4-3-5-11(13)6-10/h3-6,9H,7-8H2,1-2H3. The molecule has 0 aliphatic carbocycles. The van der Waals surface area contributed by atoms with Crippen molar-refractivity contribution in [2.24, 2.45) is 0 Å². The Bertz CT molecular complexity index is 288. The third kappa shape index (κ3) is 4.20. The normalized spacial score (nSPS) is 13.2. The average molecular weight is 260 g/mol. The number of hydrogen-bond acceptors (Lipinski definition) is 1. The molecule has 0 aromatic heterocycles. The maximum Gasteiger partial charge on any atom is 0.123 e. The second-order valence-corrected chi connectivity index (χ2v) is 5.17. The Kier molecular flexibility index (Phi) is 4.55. The van der Waals surface area contributed by atoms with Gasteiger partial charge < -0.3 is 4.90 Å². The second kappa shape index (κ2) is 5.47. The number of hydrogen-bond donors (Lipinski definition) is 0. The van der Waals surface area contributed by atoms with Gasteiger partial charge in [-0.1, -0.05) is 35.0 Å². The van der Waals surface area contributed by atoms with E-state index >= 15 is 0 Å². The van der Waals surface area contributed by atoms with Gasteiger partial charge in [0.1, 0.15) is 5.82 Å². The van der Waals surface area contributed by atoms with Gasteiger partial charge in [0.05, 0.1) is 0 Å². The summed E-state index contributed by atoms with van der Waals surface area (Å²) < 4.78 is 12.9. The van der Waals surface area contributed by atoms with Crippen LogP contribution in [0, 0.1) is 5.82 Å². The van der Waals surface area contributed by atoms with Gasteiger partial charge in [0.2, 0.25) is 0 Å². The molecule has 1 nitrogen and oxygen atoms in total. The molecule has 0 bridgehead atoms. The highest BCUT2D eigenvalue weighted by Gasteiger charge is 2.04. The Labute approximate surface area is 93.0 Å². The van der Waals surface area contributed by atoms with Crippen molar-refractivity contribution >= 4 is 15.9 Å². The second-order valence-electron chi connectivity index (χ2n) is 3.61. The molecule has 1 aromatic carbocycles. The minimum atomic E-state index is -0.164. The van der Waals surface area contributed by atoms with Gasteiger partial charge >= 0.3 is 0 Å². The van der Waals surface area contributed by atoms with E-state index in [9.17, 15) is 4.39 Å². The van der Waals surface area contributed by atoms with Crippen LogP contribution in [-0.4, -0.2) is 23.3 Å². The number of halogens is 2. The summed E-state index contributed by atoms with van der Waals surface area (Å²) in [5.74, 6) is -0.164. The van der Waals surface area contributed by atoms with Crippen LogP contribution in [0.1, 0.15) is 12.5 Å². The lowest BCUT2D eigenvalue weighted by molar-refractivity contribution is 0.332. The third-order valence-corrected chi connectivity index (χ3v) is 2.19. The molecule has 0 saturated heterocycles. The minimum Gasteiger partial charge on any atom is -0.301 e. The van der Waals surface area contributed by atoms with E-state index in [1.807, 2.05) is 13.1 Å². The Morgan fingerprint density at radius 1 is 1.50 bits per heavy atom. The predicted molar refractivity (Wildman–Crippen MR) is 61.1 cm³/mol. The minimum absolute atomic E-state index is 0.164. The van der Waals surface area contributed by atoms with Crippen molar-refractivity contribution in [1.29, 1.82) is 0 Å². The third-order valence-electron chi connectivity index (χ3n) is 1.90. The fourth-order valence-corrected chi connectivity index (χ4v) is 1.94. The summed E-state index contributed by atoms with van der Waals surface area (Å²) in [6.07, 6.45) is 0. The highest BCUT2D eigenvalue weighted by atomic mass is 79.9. The largest absolute Gasteiger partial charge is 0.301 e. The molecule has 0 amide bonds. The molecule has 1 aromatic rings. The lowest BCUT2D eigenvalue weighted by Crippen LogP contribution is -2.23. The zero-order chi connectivity index (χ0) is 10.6. The molecule has 0 spiro atoms. The van der Waals surface area contributed by atoms with Gasteiger partial charge in [0.15, 0.2) is 0 Å². The van der Waals surface area contributed by atoms with Gasteiger partial charge in [-0.15, -0.1) is 0 Å². The highest BCUT2D eigenvalue weighted by molar-refractivity contribution is 9.09. The van der Waals surface area contributed by atoms with Crippen LogP contribution in [0.2, 0.25) is 0 Å². The molecule has 1 unspecified atom stereocenters. The summed E-state index contributed by atoms with van der Waals surface area (Å²) in [6.45, 7) is 3.84. The van der Waals surface area contributed by atoms with E-state index in [1.165, 1.54) is 6.07 Å². The smallest absolute Gasteiger partial charge is 0.123 e. The molecule has 1 rings (SSSR count). The maximum atomic E-state index is 12.9. The van der Waals surface area contributed by atoms with Crippen LogP contribution < -0.4 is 0 Å². The first-order chi connectivity index (χ1) is 6.58. The number of alkyl halides is 1. The first-order valence-electron chi connectivity index (χ1n) is 4.65. The molecule has 0 fully saturated rings. The topological polar surface area (TPSA) is 3.24 Å². The monoisotopic (exact) mass is 259 g/mol. The van der Waals surface area contributed by atoms with Crippen LogP contribution in [0.5, 0.6) is 0 Å². The van der Waals surface area contributed by atoms with E-state index in [4.69, 9.17) is 0 Å². The van der Waals surface area contributed by atoms with Gasteiger partial charge in [0.25, 0.3) is 0 Å². The van der Waals surface area contributed by atoms with E-state index in [0.717, 1.165) is 18.7 Å². The first-order valence-corrected chi connectivity index (χ1v) is 5.56. The molecule has 0 aliphatic heterocycles. The number of benzene rings is 1. The Morgan fingerprint density at radius 2 is 2.21 bits per heavy atom. The Morgan fingerprint density at radius 3 is 2.79 bits per heavy atom. The fraction of sp³-hybridized carbons (Fsp3) is 0.455. The van der Waals surface area contributed by atoms with E-state index in [0.29, 0.717) is 4.83 Å². The Balaban J connectivity index is 2.51. The number of nitrogens with zero attached hydrogens (tertiary/aromatic N) is 1. The van der Waals surface area contributed by atoms with Gasteiger partial charge in [-0.3, -0.25) is 0 Å². The van der Waals surface area contributed by atoms with Crippen molar-refractivity contribution in [2.45, 2.75) is 18.3 Å². The molecule has 0 aliphatic rings. The predicted octanol–water partition coefficient (Wildman–Crippen LogP) is 3.04. The van der Waals surface area contributed by atoms with Crippen LogP contribution in [0.4, 0.5) is 4.39 Å². The lowest BCUT2D eigenvalue weighted by atomic mass is 10.2. The zero-order valence-corrected chi connectivity index (χ0v) is 10.1. The maximum absolute atomic E-state index is 12.9. The van der Waals surface area contributed by atoms with Crippen molar-refractivity contribution in [3.05, 3.63) is 35.6 Å². The summed E-state index contributed by atoms with van der Waals surface area (Å²) in [6, 6.07) is 6.74. The molecule has 1 atom stereocenters. The lowest BCUT2D eigenvalue weighted by Gasteiger charge is -2.17. The van der Waals surface area contributed by atoms with E-state index < -0.39 is 0 Å². The molecule has 3 heteroatoms. The summed E-state index contributed by atoms with van der Waals surface area (Å²) in [4.78, 5) is 2.62. The number of rotatable bonds is 4. The van der Waals surface area contributed by atoms with Crippen LogP contribution in [0.25, 0.3) is 0 Å². The van der Waals surface area contributed by atoms with Crippen molar-refractivity contribution in [3.63, 3.8) is 0 Å². The van der Waals surface area contributed by atoms with Crippen LogP contribution >= 0.6 is 15.9 Å². The molecule has 78 valence electrons. The van der Waals surface area contributed by atoms with E-state index in [2.05, 4.69) is 27.8 Å². The van der Waals surface area contributed by atoms with Crippen molar-refractivity contribution in [2.75, 3.05) is 13.6 Å². The molecule has 0 saturated carbocycles. The highest BCUT2D eigenvalue weighted by Crippen LogP contribution is 2.08. The molecule has 0 heterocycles. The molecule has 14 heavy (non-hydrogen) atoms. The van der Waals surface area contributed by atoms with E-state index in [1.54, 1.807) is 12.1 Å². The van der Waals surface area contributed by atoms with Gasteiger partial charge in [-0.2, -0.15) is 0 Å². The van der Waals surface area contributed by atoms with Gasteiger partial charge in [-0.05, 0) is 24.7 Å². The zero-order valence-electron chi connectivity index (χ0n) is 8.50. The van der Waals surface area contributed by atoms with E-state index in [-0.39, 0.29) is 5.82 Å². The van der Waals surface area contributed by atoms with Crippen molar-refractivity contribution in [1.82, 2.24) is 4.90 Å². The molecule has 0 N–H and O–H groups in total. The SMILES string of the molecule is CC(Br)CN(C)Cc1cccc(F)c1. The van der Waals surface area contributed by atoms with Crippen molar-refractivity contribution in [3.8, 4) is 0 Å². The van der Waals surface area contributed by atoms with Gasteiger partial charge in [0, 0.05) is 17.9 Å². The fourth-order valence-electron chi connectivity index (χ4n) is 1.44. The van der Waals surface area contributed by atoms with Crippen LogP contribution in [0.15, 0.2) is 24.3 Å². The summed E-state index contributed by atoms with van der Waals surface area (Å²) >= 11 is 3.49. The van der Waals surface area contributed by atoms with Crippen molar-refractivity contribution < 1.29 is 4.39 Å². The molecule has 0 radical (unpaired) electrons. The molecular weight excluding hydrogens is 245 g/mol. The summed E-state index contributed by atoms with van der Waals surface area (Å²) in [5, 5.41) is 0. The Hall–Kier alpha value is -0.410. The summed E-state index contributed by atoms with van der Waals surface area (Å²) in [7, 11) is 2.03.